The molecule has 3 rings (SSSR count). The molecule has 18 heavy (non-hydrogen) atoms. The average Bonchev–Trinajstić information content (AvgIpc) is 3.09. The van der Waals surface area contributed by atoms with E-state index in [0.717, 1.165) is 28.9 Å². The molecular weight excluding hydrogens is 266 g/mol. The molecule has 0 aliphatic carbocycles. The van der Waals surface area contributed by atoms with Gasteiger partial charge in [-0.05, 0) is 23.6 Å². The summed E-state index contributed by atoms with van der Waals surface area (Å²) in [6.07, 6.45) is 2.49. The highest BCUT2D eigenvalue weighted by molar-refractivity contribution is 7.98. The number of aromatic nitrogens is 3. The average molecular weight is 277 g/mol. The third kappa shape index (κ3) is 2.83. The number of nitrogens with one attached hydrogen (secondary N) is 1. The van der Waals surface area contributed by atoms with E-state index in [0.29, 0.717) is 0 Å². The molecule has 0 bridgehead atoms. The zero-order valence-corrected chi connectivity index (χ0v) is 11.1. The topological polar surface area (TPSA) is 54.7 Å². The maximum Gasteiger partial charge on any atom is 0.208 e. The van der Waals surface area contributed by atoms with Gasteiger partial charge in [0.25, 0.3) is 0 Å². The highest BCUT2D eigenvalue weighted by Gasteiger charge is 2.06. The first-order valence-electron chi connectivity index (χ1n) is 5.49. The maximum absolute atomic E-state index is 5.26. The summed E-state index contributed by atoms with van der Waals surface area (Å²) >= 11 is 3.30. The summed E-state index contributed by atoms with van der Waals surface area (Å²) in [4.78, 5) is 5.73. The lowest BCUT2D eigenvalue weighted by molar-refractivity contribution is 0.530. The Balaban J connectivity index is 1.59. The Morgan fingerprint density at radius 1 is 1.33 bits per heavy atom. The van der Waals surface area contributed by atoms with Crippen LogP contribution < -0.4 is 0 Å². The summed E-state index contributed by atoms with van der Waals surface area (Å²) in [6, 6.07) is 7.98. The number of hydrogen-bond acceptors (Lipinski definition) is 5. The number of furan rings is 1. The van der Waals surface area contributed by atoms with Crippen LogP contribution in [0.3, 0.4) is 0 Å². The molecule has 3 aromatic rings. The first-order valence-corrected chi connectivity index (χ1v) is 7.35. The van der Waals surface area contributed by atoms with Crippen LogP contribution in [0.15, 0.2) is 45.5 Å². The smallest absolute Gasteiger partial charge is 0.208 e. The predicted octanol–water partition coefficient (Wildman–Crippen LogP) is 3.34. The molecule has 1 N–H and O–H groups in total. The van der Waals surface area contributed by atoms with Gasteiger partial charge in [0.2, 0.25) is 5.16 Å². The van der Waals surface area contributed by atoms with Crippen molar-refractivity contribution in [3.63, 3.8) is 0 Å². The van der Waals surface area contributed by atoms with Gasteiger partial charge in [-0.25, -0.2) is 4.98 Å². The Kier molecular flexibility index (Phi) is 3.47. The van der Waals surface area contributed by atoms with Crippen molar-refractivity contribution < 1.29 is 4.42 Å². The molecule has 4 nitrogen and oxygen atoms in total. The molecule has 0 spiro atoms. The third-order valence-electron chi connectivity index (χ3n) is 2.36. The molecule has 92 valence electrons. The van der Waals surface area contributed by atoms with E-state index in [2.05, 4.69) is 26.6 Å². The molecule has 3 heterocycles. The van der Waals surface area contributed by atoms with Gasteiger partial charge in [-0.2, -0.15) is 0 Å². The first kappa shape index (κ1) is 11.6. The Hall–Kier alpha value is -1.53. The van der Waals surface area contributed by atoms with E-state index in [4.69, 9.17) is 4.42 Å². The molecule has 0 aromatic carbocycles. The molecule has 0 saturated carbocycles. The molecule has 0 radical (unpaired) electrons. The van der Waals surface area contributed by atoms with Crippen LogP contribution in [0.2, 0.25) is 0 Å². The van der Waals surface area contributed by atoms with E-state index in [1.807, 2.05) is 18.2 Å². The van der Waals surface area contributed by atoms with Crippen molar-refractivity contribution in [1.29, 1.82) is 0 Å². The zero-order valence-electron chi connectivity index (χ0n) is 9.50. The van der Waals surface area contributed by atoms with Crippen LogP contribution in [0.5, 0.6) is 0 Å². The largest absolute Gasteiger partial charge is 0.468 e. The molecule has 0 atom stereocenters. The number of aromatic amines is 1. The van der Waals surface area contributed by atoms with Crippen molar-refractivity contribution in [3.8, 4) is 0 Å². The molecule has 0 aliphatic heterocycles. The van der Waals surface area contributed by atoms with Gasteiger partial charge in [0.15, 0.2) is 0 Å². The van der Waals surface area contributed by atoms with Gasteiger partial charge >= 0.3 is 0 Å². The molecule has 6 heteroatoms. The SMILES string of the molecule is c1coc(CSc2n[nH]c(Cc3cccs3)n2)c1. The van der Waals surface area contributed by atoms with E-state index in [1.54, 1.807) is 29.4 Å². The minimum absolute atomic E-state index is 0.753. The fraction of sp³-hybridized carbons (Fsp3) is 0.167. The number of hydrogen-bond donors (Lipinski definition) is 1. The Bertz CT molecular complexity index is 587. The van der Waals surface area contributed by atoms with Crippen LogP contribution in [-0.2, 0) is 12.2 Å². The van der Waals surface area contributed by atoms with Gasteiger partial charge in [-0.1, -0.05) is 17.8 Å². The van der Waals surface area contributed by atoms with Gasteiger partial charge in [-0.15, -0.1) is 16.4 Å². The molecule has 0 saturated heterocycles. The molecule has 0 unspecified atom stereocenters. The van der Waals surface area contributed by atoms with Gasteiger partial charge in [0.05, 0.1) is 12.0 Å². The van der Waals surface area contributed by atoms with E-state index < -0.39 is 0 Å². The van der Waals surface area contributed by atoms with Gasteiger partial charge < -0.3 is 4.42 Å². The Morgan fingerprint density at radius 3 is 3.11 bits per heavy atom. The highest BCUT2D eigenvalue weighted by atomic mass is 32.2. The van der Waals surface area contributed by atoms with E-state index >= 15 is 0 Å². The standard InChI is InChI=1S/C12H11N3OS2/c1-3-9(16-5-1)8-18-12-13-11(14-15-12)7-10-4-2-6-17-10/h1-6H,7-8H2,(H,13,14,15). The van der Waals surface area contributed by atoms with E-state index in [9.17, 15) is 0 Å². The Labute approximate surface area is 112 Å². The number of H-pyrrole nitrogens is 1. The van der Waals surface area contributed by atoms with Crippen LogP contribution in [0.25, 0.3) is 0 Å². The quantitative estimate of drug-likeness (QED) is 0.727. The second-order valence-electron chi connectivity index (χ2n) is 3.69. The van der Waals surface area contributed by atoms with Crippen LogP contribution in [0.4, 0.5) is 0 Å². The summed E-state index contributed by atoms with van der Waals surface area (Å²) in [7, 11) is 0. The molecule has 0 aliphatic rings. The van der Waals surface area contributed by atoms with E-state index in [-0.39, 0.29) is 0 Å². The number of rotatable bonds is 5. The van der Waals surface area contributed by atoms with E-state index in [1.165, 1.54) is 4.88 Å². The second-order valence-corrected chi connectivity index (χ2v) is 5.66. The van der Waals surface area contributed by atoms with Crippen molar-refractivity contribution in [1.82, 2.24) is 15.2 Å². The number of thioether (sulfide) groups is 1. The predicted molar refractivity (Wildman–Crippen MR) is 71.8 cm³/mol. The van der Waals surface area contributed by atoms with Crippen molar-refractivity contribution in [2.24, 2.45) is 0 Å². The number of nitrogens with zero attached hydrogens (tertiary/aromatic N) is 2. The minimum Gasteiger partial charge on any atom is -0.468 e. The summed E-state index contributed by atoms with van der Waals surface area (Å²) in [5, 5.41) is 9.98. The van der Waals surface area contributed by atoms with Crippen LogP contribution >= 0.6 is 23.1 Å². The fourth-order valence-electron chi connectivity index (χ4n) is 1.53. The van der Waals surface area contributed by atoms with Gasteiger partial charge in [0, 0.05) is 11.3 Å². The van der Waals surface area contributed by atoms with Crippen LogP contribution in [-0.4, -0.2) is 15.2 Å². The molecule has 3 aromatic heterocycles. The zero-order chi connectivity index (χ0) is 12.2. The minimum atomic E-state index is 0.753. The molecular formula is C12H11N3OS2. The van der Waals surface area contributed by atoms with Gasteiger partial charge in [0.1, 0.15) is 11.6 Å². The summed E-state index contributed by atoms with van der Waals surface area (Å²) in [5.41, 5.74) is 0. The summed E-state index contributed by atoms with van der Waals surface area (Å²) in [6.45, 7) is 0. The third-order valence-corrected chi connectivity index (χ3v) is 4.10. The summed E-state index contributed by atoms with van der Waals surface area (Å²) < 4.78 is 5.26. The molecule has 0 amide bonds. The summed E-state index contributed by atoms with van der Waals surface area (Å²) in [5.74, 6) is 2.59. The normalized spacial score (nSPS) is 10.9. The Morgan fingerprint density at radius 2 is 2.33 bits per heavy atom. The fourth-order valence-corrected chi connectivity index (χ4v) is 2.96. The van der Waals surface area contributed by atoms with Gasteiger partial charge in [-0.3, -0.25) is 5.10 Å². The highest BCUT2D eigenvalue weighted by Crippen LogP contribution is 2.20. The monoisotopic (exact) mass is 277 g/mol. The van der Waals surface area contributed by atoms with Crippen molar-refractivity contribution in [2.45, 2.75) is 17.3 Å². The first-order chi connectivity index (χ1) is 8.90. The van der Waals surface area contributed by atoms with Crippen LogP contribution in [0.1, 0.15) is 16.5 Å². The van der Waals surface area contributed by atoms with Crippen LogP contribution in [0, 0.1) is 0 Å². The van der Waals surface area contributed by atoms with Crippen molar-refractivity contribution >= 4 is 23.1 Å². The second kappa shape index (κ2) is 5.41. The van der Waals surface area contributed by atoms with Crippen molar-refractivity contribution in [2.75, 3.05) is 0 Å². The maximum atomic E-state index is 5.26. The lowest BCUT2D eigenvalue weighted by Crippen LogP contribution is -1.87. The molecule has 0 fully saturated rings. The lowest BCUT2D eigenvalue weighted by atomic mass is 10.3. The number of thiophene rings is 1. The lowest BCUT2D eigenvalue weighted by Gasteiger charge is -1.92. The van der Waals surface area contributed by atoms with Crippen molar-refractivity contribution in [3.05, 3.63) is 52.4 Å².